The van der Waals surface area contributed by atoms with Crippen LogP contribution in [0.4, 0.5) is 4.39 Å². The largest absolute Gasteiger partial charge is 0.324 e. The first kappa shape index (κ1) is 21.1. The molecular formula is C27H24FN3O2. The van der Waals surface area contributed by atoms with Crippen LogP contribution in [0.15, 0.2) is 83.7 Å². The van der Waals surface area contributed by atoms with Crippen molar-refractivity contribution in [2.75, 3.05) is 0 Å². The Kier molecular flexibility index (Phi) is 5.29. The SMILES string of the molecule is C[C@H](c1ccccc1)N1C(=O)[C@H](C)n2c(nc3ccccc3c2=O)[C@H]1Cc1ccc(F)cc1. The summed E-state index contributed by atoms with van der Waals surface area (Å²) < 4.78 is 15.1. The Morgan fingerprint density at radius 3 is 2.33 bits per heavy atom. The van der Waals surface area contributed by atoms with Gasteiger partial charge in [0.1, 0.15) is 17.7 Å². The standard InChI is InChI=1S/C27H24FN3O2/c1-17(20-8-4-3-5-9-20)30-24(16-19-12-14-21(28)15-13-19)25-29-23-11-7-6-10-22(23)27(33)31(25)18(2)26(30)32/h3-15,17-18,24H,16H2,1-2H3/t17-,18+,24-/m1/s1. The first-order valence-corrected chi connectivity index (χ1v) is 11.1. The Morgan fingerprint density at radius 2 is 1.61 bits per heavy atom. The van der Waals surface area contributed by atoms with Gasteiger partial charge in [0.2, 0.25) is 5.91 Å². The lowest BCUT2D eigenvalue weighted by Gasteiger charge is -2.43. The summed E-state index contributed by atoms with van der Waals surface area (Å²) in [6.45, 7) is 3.74. The van der Waals surface area contributed by atoms with Crippen LogP contribution in [0.25, 0.3) is 10.9 Å². The fraction of sp³-hybridized carbons (Fsp3) is 0.222. The summed E-state index contributed by atoms with van der Waals surface area (Å²) in [6, 6.07) is 21.9. The number of rotatable bonds is 4. The molecule has 1 aliphatic rings. The molecule has 6 heteroatoms. The molecule has 0 unspecified atom stereocenters. The third-order valence-corrected chi connectivity index (χ3v) is 6.51. The average Bonchev–Trinajstić information content (AvgIpc) is 2.84. The summed E-state index contributed by atoms with van der Waals surface area (Å²) in [7, 11) is 0. The second-order valence-electron chi connectivity index (χ2n) is 8.52. The maximum absolute atomic E-state index is 13.7. The average molecular weight is 442 g/mol. The molecule has 0 bridgehead atoms. The van der Waals surface area contributed by atoms with Gasteiger partial charge in [-0.25, -0.2) is 9.37 Å². The topological polar surface area (TPSA) is 55.2 Å². The molecule has 0 fully saturated rings. The van der Waals surface area contributed by atoms with Gasteiger partial charge in [-0.05, 0) is 49.2 Å². The first-order chi connectivity index (χ1) is 16.0. The van der Waals surface area contributed by atoms with Gasteiger partial charge in [-0.1, -0.05) is 54.6 Å². The van der Waals surface area contributed by atoms with Crippen LogP contribution in [0, 0.1) is 5.82 Å². The number of para-hydroxylation sites is 1. The van der Waals surface area contributed by atoms with Crippen LogP contribution >= 0.6 is 0 Å². The molecule has 0 saturated heterocycles. The Labute approximate surface area is 191 Å². The Morgan fingerprint density at radius 1 is 0.939 bits per heavy atom. The van der Waals surface area contributed by atoms with E-state index in [1.165, 1.54) is 16.7 Å². The van der Waals surface area contributed by atoms with Crippen molar-refractivity contribution in [3.8, 4) is 0 Å². The van der Waals surface area contributed by atoms with Gasteiger partial charge in [-0.2, -0.15) is 0 Å². The molecule has 5 rings (SSSR count). The maximum atomic E-state index is 13.7. The number of carbonyl (C=O) groups is 1. The molecule has 4 aromatic rings. The molecular weight excluding hydrogens is 417 g/mol. The number of amides is 1. The third-order valence-electron chi connectivity index (χ3n) is 6.51. The third kappa shape index (κ3) is 3.61. The molecule has 3 aromatic carbocycles. The number of fused-ring (bicyclic) bond motifs is 2. The number of halogens is 1. The van der Waals surface area contributed by atoms with E-state index in [2.05, 4.69) is 0 Å². The lowest BCUT2D eigenvalue weighted by molar-refractivity contribution is -0.142. The second kappa shape index (κ2) is 8.28. The van der Waals surface area contributed by atoms with Crippen LogP contribution in [0.5, 0.6) is 0 Å². The highest BCUT2D eigenvalue weighted by atomic mass is 19.1. The van der Waals surface area contributed by atoms with Gasteiger partial charge in [-0.15, -0.1) is 0 Å². The van der Waals surface area contributed by atoms with Gasteiger partial charge in [0.05, 0.1) is 23.0 Å². The van der Waals surface area contributed by atoms with E-state index in [1.807, 2.05) is 54.3 Å². The van der Waals surface area contributed by atoms with Crippen LogP contribution in [0.1, 0.15) is 48.9 Å². The zero-order valence-corrected chi connectivity index (χ0v) is 18.5. The molecule has 3 atom stereocenters. The minimum atomic E-state index is -0.680. The minimum absolute atomic E-state index is 0.134. The Hall–Kier alpha value is -3.80. The lowest BCUT2D eigenvalue weighted by atomic mass is 9.95. The van der Waals surface area contributed by atoms with Crippen molar-refractivity contribution in [1.82, 2.24) is 14.5 Å². The number of aromatic nitrogens is 2. The summed E-state index contributed by atoms with van der Waals surface area (Å²) in [5.41, 5.74) is 2.25. The number of hydrogen-bond donors (Lipinski definition) is 0. The van der Waals surface area contributed by atoms with Crippen LogP contribution in [0.3, 0.4) is 0 Å². The van der Waals surface area contributed by atoms with Crippen LogP contribution in [0.2, 0.25) is 0 Å². The molecule has 0 aliphatic carbocycles. The molecule has 0 saturated carbocycles. The van der Waals surface area contributed by atoms with E-state index in [0.717, 1.165) is 11.1 Å². The molecule has 2 heterocycles. The fourth-order valence-corrected chi connectivity index (χ4v) is 4.76. The van der Waals surface area contributed by atoms with E-state index in [9.17, 15) is 14.0 Å². The molecule has 0 spiro atoms. The van der Waals surface area contributed by atoms with Crippen LogP contribution in [-0.4, -0.2) is 20.4 Å². The molecule has 1 aromatic heterocycles. The zero-order chi connectivity index (χ0) is 23.1. The predicted octanol–water partition coefficient (Wildman–Crippen LogP) is 4.98. The first-order valence-electron chi connectivity index (χ1n) is 11.1. The van der Waals surface area contributed by atoms with E-state index in [0.29, 0.717) is 23.1 Å². The molecule has 5 nitrogen and oxygen atoms in total. The van der Waals surface area contributed by atoms with E-state index in [1.54, 1.807) is 31.2 Å². The summed E-state index contributed by atoms with van der Waals surface area (Å²) in [6.07, 6.45) is 0.417. The minimum Gasteiger partial charge on any atom is -0.324 e. The summed E-state index contributed by atoms with van der Waals surface area (Å²) in [5.74, 6) is 0.102. The maximum Gasteiger partial charge on any atom is 0.262 e. The van der Waals surface area contributed by atoms with E-state index >= 15 is 0 Å². The van der Waals surface area contributed by atoms with Crippen LogP contribution < -0.4 is 5.56 Å². The summed E-state index contributed by atoms with van der Waals surface area (Å²) >= 11 is 0. The van der Waals surface area contributed by atoms with Crippen molar-refractivity contribution in [3.63, 3.8) is 0 Å². The molecule has 166 valence electrons. The van der Waals surface area contributed by atoms with Crippen molar-refractivity contribution in [3.05, 3.63) is 112 Å². The van der Waals surface area contributed by atoms with Gasteiger partial charge in [0, 0.05) is 6.42 Å². The van der Waals surface area contributed by atoms with Gasteiger partial charge < -0.3 is 4.90 Å². The predicted molar refractivity (Wildman–Crippen MR) is 125 cm³/mol. The van der Waals surface area contributed by atoms with Crippen molar-refractivity contribution >= 4 is 16.8 Å². The number of nitrogens with zero attached hydrogens (tertiary/aromatic N) is 3. The molecule has 33 heavy (non-hydrogen) atoms. The van der Waals surface area contributed by atoms with Gasteiger partial charge in [0.15, 0.2) is 0 Å². The summed E-state index contributed by atoms with van der Waals surface area (Å²) in [4.78, 5) is 33.9. The van der Waals surface area contributed by atoms with Crippen LogP contribution in [-0.2, 0) is 11.2 Å². The van der Waals surface area contributed by atoms with Gasteiger partial charge >= 0.3 is 0 Å². The zero-order valence-electron chi connectivity index (χ0n) is 18.5. The monoisotopic (exact) mass is 441 g/mol. The number of carbonyl (C=O) groups excluding carboxylic acids is 1. The number of benzene rings is 3. The highest BCUT2D eigenvalue weighted by Gasteiger charge is 2.42. The molecule has 1 aliphatic heterocycles. The van der Waals surface area contributed by atoms with E-state index in [4.69, 9.17) is 4.98 Å². The lowest BCUT2D eigenvalue weighted by Crippen LogP contribution is -2.50. The highest BCUT2D eigenvalue weighted by molar-refractivity contribution is 5.84. The Bertz CT molecular complexity index is 1380. The normalized spacial score (nSPS) is 18.9. The van der Waals surface area contributed by atoms with Crippen molar-refractivity contribution in [2.24, 2.45) is 0 Å². The number of hydrogen-bond acceptors (Lipinski definition) is 3. The van der Waals surface area contributed by atoms with Crippen molar-refractivity contribution in [1.29, 1.82) is 0 Å². The smallest absolute Gasteiger partial charge is 0.262 e. The fourth-order valence-electron chi connectivity index (χ4n) is 4.76. The second-order valence-corrected chi connectivity index (χ2v) is 8.52. The van der Waals surface area contributed by atoms with Crippen molar-refractivity contribution in [2.45, 2.75) is 38.4 Å². The van der Waals surface area contributed by atoms with Gasteiger partial charge in [-0.3, -0.25) is 14.2 Å². The van der Waals surface area contributed by atoms with E-state index < -0.39 is 12.1 Å². The molecule has 0 radical (unpaired) electrons. The molecule has 0 N–H and O–H groups in total. The van der Waals surface area contributed by atoms with Gasteiger partial charge in [0.25, 0.3) is 5.56 Å². The quantitative estimate of drug-likeness (QED) is 0.449. The van der Waals surface area contributed by atoms with E-state index in [-0.39, 0.29) is 23.3 Å². The highest BCUT2D eigenvalue weighted by Crippen LogP contribution is 2.38. The summed E-state index contributed by atoms with van der Waals surface area (Å²) in [5, 5.41) is 0.492. The Balaban J connectivity index is 1.72. The van der Waals surface area contributed by atoms with Crippen molar-refractivity contribution < 1.29 is 9.18 Å². The molecule has 1 amide bonds.